The number of benzene rings is 1. The normalized spacial score (nSPS) is 15.6. The van der Waals surface area contributed by atoms with Crippen LogP contribution < -0.4 is 10.2 Å². The smallest absolute Gasteiger partial charge is 0.123 e. The predicted octanol–water partition coefficient (Wildman–Crippen LogP) is 3.19. The number of methoxy groups -OCH3 is 1. The molecule has 2 rings (SSSR count). The Hall–Kier alpha value is -1.13. The standard InChI is InChI=1S/C17H27FN2O/c1-20(13-14-5-3-4-6-14)17-8-7-16(18)11-15(17)12-19-9-10-21-2/h7-8,11,14,19H,3-6,9-10,12-13H2,1-2H3. The van der Waals surface area contributed by atoms with Crippen LogP contribution in [0.5, 0.6) is 0 Å². The van der Waals surface area contributed by atoms with Crippen LogP contribution in [0.4, 0.5) is 10.1 Å². The van der Waals surface area contributed by atoms with E-state index in [0.717, 1.165) is 30.3 Å². The molecule has 4 heteroatoms. The van der Waals surface area contributed by atoms with Crippen LogP contribution in [0.15, 0.2) is 18.2 Å². The molecule has 0 saturated heterocycles. The number of hydrogen-bond acceptors (Lipinski definition) is 3. The molecule has 118 valence electrons. The van der Waals surface area contributed by atoms with Gasteiger partial charge in [-0.2, -0.15) is 0 Å². The molecule has 1 aliphatic carbocycles. The first kappa shape index (κ1) is 16.2. The predicted molar refractivity (Wildman–Crippen MR) is 85.2 cm³/mol. The average molecular weight is 294 g/mol. The molecule has 1 fully saturated rings. The fourth-order valence-electron chi connectivity index (χ4n) is 3.14. The Balaban J connectivity index is 1.98. The number of ether oxygens (including phenoxy) is 1. The topological polar surface area (TPSA) is 24.5 Å². The molecule has 0 radical (unpaired) electrons. The zero-order chi connectivity index (χ0) is 15.1. The lowest BCUT2D eigenvalue weighted by Gasteiger charge is -2.25. The highest BCUT2D eigenvalue weighted by Crippen LogP contribution is 2.28. The van der Waals surface area contributed by atoms with Gasteiger partial charge in [-0.3, -0.25) is 0 Å². The Morgan fingerprint density at radius 1 is 1.33 bits per heavy atom. The second-order valence-corrected chi connectivity index (χ2v) is 5.97. The van der Waals surface area contributed by atoms with Crippen molar-refractivity contribution in [1.82, 2.24) is 5.32 Å². The van der Waals surface area contributed by atoms with Crippen LogP contribution in [-0.2, 0) is 11.3 Å². The largest absolute Gasteiger partial charge is 0.383 e. The summed E-state index contributed by atoms with van der Waals surface area (Å²) >= 11 is 0. The summed E-state index contributed by atoms with van der Waals surface area (Å²) in [5.74, 6) is 0.617. The summed E-state index contributed by atoms with van der Waals surface area (Å²) in [6, 6.07) is 5.09. The van der Waals surface area contributed by atoms with Crippen LogP contribution >= 0.6 is 0 Å². The number of nitrogens with zero attached hydrogens (tertiary/aromatic N) is 1. The molecular formula is C17H27FN2O. The van der Waals surface area contributed by atoms with Crippen LogP contribution in [-0.4, -0.2) is 33.9 Å². The first-order valence-electron chi connectivity index (χ1n) is 7.90. The van der Waals surface area contributed by atoms with E-state index in [1.165, 1.54) is 25.7 Å². The molecule has 0 heterocycles. The van der Waals surface area contributed by atoms with Crippen molar-refractivity contribution in [2.24, 2.45) is 5.92 Å². The van der Waals surface area contributed by atoms with Gasteiger partial charge in [0.2, 0.25) is 0 Å². The Labute approximate surface area is 127 Å². The van der Waals surface area contributed by atoms with Gasteiger partial charge < -0.3 is 15.0 Å². The van der Waals surface area contributed by atoms with Crippen molar-refractivity contribution in [2.75, 3.05) is 38.8 Å². The summed E-state index contributed by atoms with van der Waals surface area (Å²) in [7, 11) is 3.80. The van der Waals surface area contributed by atoms with E-state index < -0.39 is 0 Å². The monoisotopic (exact) mass is 294 g/mol. The van der Waals surface area contributed by atoms with Gasteiger partial charge in [0.25, 0.3) is 0 Å². The average Bonchev–Trinajstić information content (AvgIpc) is 2.96. The lowest BCUT2D eigenvalue weighted by molar-refractivity contribution is 0.199. The minimum atomic E-state index is -0.170. The molecule has 0 unspecified atom stereocenters. The quantitative estimate of drug-likeness (QED) is 0.745. The van der Waals surface area contributed by atoms with Crippen LogP contribution in [0.2, 0.25) is 0 Å². The Morgan fingerprint density at radius 3 is 2.81 bits per heavy atom. The van der Waals surface area contributed by atoms with E-state index in [4.69, 9.17) is 4.74 Å². The third-order valence-electron chi connectivity index (χ3n) is 4.26. The number of halogens is 1. The molecule has 0 aromatic heterocycles. The highest BCUT2D eigenvalue weighted by Gasteiger charge is 2.18. The number of anilines is 1. The summed E-state index contributed by atoms with van der Waals surface area (Å²) in [5.41, 5.74) is 2.15. The third kappa shape index (κ3) is 4.97. The highest BCUT2D eigenvalue weighted by atomic mass is 19.1. The molecule has 0 amide bonds. The van der Waals surface area contributed by atoms with E-state index >= 15 is 0 Å². The van der Waals surface area contributed by atoms with E-state index in [-0.39, 0.29) is 5.82 Å². The second kappa shape index (κ2) is 8.35. The maximum Gasteiger partial charge on any atom is 0.123 e. The molecule has 21 heavy (non-hydrogen) atoms. The molecule has 0 spiro atoms. The molecule has 0 bridgehead atoms. The maximum atomic E-state index is 13.5. The van der Waals surface area contributed by atoms with Crippen molar-refractivity contribution in [3.05, 3.63) is 29.6 Å². The molecule has 1 N–H and O–H groups in total. The van der Waals surface area contributed by atoms with Gasteiger partial charge in [0.1, 0.15) is 5.82 Å². The summed E-state index contributed by atoms with van der Waals surface area (Å²) in [6.07, 6.45) is 5.36. The maximum absolute atomic E-state index is 13.5. The van der Waals surface area contributed by atoms with E-state index in [9.17, 15) is 4.39 Å². The van der Waals surface area contributed by atoms with E-state index in [0.29, 0.717) is 13.2 Å². The van der Waals surface area contributed by atoms with Crippen molar-refractivity contribution >= 4 is 5.69 Å². The summed E-state index contributed by atoms with van der Waals surface area (Å²) in [4.78, 5) is 2.28. The van der Waals surface area contributed by atoms with Crippen LogP contribution in [0.1, 0.15) is 31.2 Å². The minimum Gasteiger partial charge on any atom is -0.383 e. The fourth-order valence-corrected chi connectivity index (χ4v) is 3.14. The van der Waals surface area contributed by atoms with Crippen molar-refractivity contribution in [2.45, 2.75) is 32.2 Å². The van der Waals surface area contributed by atoms with E-state index in [2.05, 4.69) is 17.3 Å². The third-order valence-corrected chi connectivity index (χ3v) is 4.26. The SMILES string of the molecule is COCCNCc1cc(F)ccc1N(C)CC1CCCC1. The Morgan fingerprint density at radius 2 is 2.10 bits per heavy atom. The van der Waals surface area contributed by atoms with Crippen molar-refractivity contribution in [3.63, 3.8) is 0 Å². The molecule has 3 nitrogen and oxygen atoms in total. The van der Waals surface area contributed by atoms with Gasteiger partial charge in [-0.05, 0) is 42.5 Å². The lowest BCUT2D eigenvalue weighted by atomic mass is 10.1. The van der Waals surface area contributed by atoms with Gasteiger partial charge >= 0.3 is 0 Å². The van der Waals surface area contributed by atoms with Gasteiger partial charge in [0.15, 0.2) is 0 Å². The van der Waals surface area contributed by atoms with Crippen molar-refractivity contribution < 1.29 is 9.13 Å². The highest BCUT2D eigenvalue weighted by molar-refractivity contribution is 5.53. The zero-order valence-corrected chi connectivity index (χ0v) is 13.2. The molecule has 1 saturated carbocycles. The lowest BCUT2D eigenvalue weighted by Crippen LogP contribution is -2.26. The first-order chi connectivity index (χ1) is 10.2. The minimum absolute atomic E-state index is 0.170. The summed E-state index contributed by atoms with van der Waals surface area (Å²) < 4.78 is 18.5. The second-order valence-electron chi connectivity index (χ2n) is 5.97. The van der Waals surface area contributed by atoms with Gasteiger partial charge in [-0.25, -0.2) is 4.39 Å². The van der Waals surface area contributed by atoms with Gasteiger partial charge in [-0.1, -0.05) is 12.8 Å². The molecule has 0 aliphatic heterocycles. The van der Waals surface area contributed by atoms with Crippen LogP contribution in [0.3, 0.4) is 0 Å². The number of nitrogens with one attached hydrogen (secondary N) is 1. The fraction of sp³-hybridized carbons (Fsp3) is 0.647. The van der Waals surface area contributed by atoms with Crippen LogP contribution in [0, 0.1) is 11.7 Å². The molecule has 1 aliphatic rings. The molecule has 1 aromatic rings. The van der Waals surface area contributed by atoms with Gasteiger partial charge in [0.05, 0.1) is 6.61 Å². The van der Waals surface area contributed by atoms with Gasteiger partial charge in [0, 0.05) is 39.5 Å². The Kier molecular flexibility index (Phi) is 6.46. The van der Waals surface area contributed by atoms with Crippen molar-refractivity contribution in [1.29, 1.82) is 0 Å². The summed E-state index contributed by atoms with van der Waals surface area (Å²) in [5, 5.41) is 3.30. The van der Waals surface area contributed by atoms with E-state index in [1.807, 2.05) is 6.07 Å². The number of rotatable bonds is 8. The molecule has 1 aromatic carbocycles. The molecular weight excluding hydrogens is 267 g/mol. The number of hydrogen-bond donors (Lipinski definition) is 1. The first-order valence-corrected chi connectivity index (χ1v) is 7.90. The van der Waals surface area contributed by atoms with Crippen molar-refractivity contribution in [3.8, 4) is 0 Å². The Bertz CT molecular complexity index is 433. The van der Waals surface area contributed by atoms with Crippen LogP contribution in [0.25, 0.3) is 0 Å². The zero-order valence-electron chi connectivity index (χ0n) is 13.2. The summed E-state index contributed by atoms with van der Waals surface area (Å²) in [6.45, 7) is 3.18. The van der Waals surface area contributed by atoms with E-state index in [1.54, 1.807) is 19.2 Å². The van der Waals surface area contributed by atoms with Gasteiger partial charge in [-0.15, -0.1) is 0 Å². The molecule has 0 atom stereocenters.